The highest BCUT2D eigenvalue weighted by molar-refractivity contribution is 5.49. The van der Waals surface area contributed by atoms with Crippen molar-refractivity contribution in [1.29, 1.82) is 0 Å². The van der Waals surface area contributed by atoms with Crippen molar-refractivity contribution in [3.63, 3.8) is 0 Å². The van der Waals surface area contributed by atoms with E-state index in [1.807, 2.05) is 0 Å². The summed E-state index contributed by atoms with van der Waals surface area (Å²) in [5, 5.41) is 9.44. The van der Waals surface area contributed by atoms with E-state index in [4.69, 9.17) is 4.74 Å². The molecule has 34 heavy (non-hydrogen) atoms. The van der Waals surface area contributed by atoms with Crippen LogP contribution in [0.1, 0.15) is 19.3 Å². The molecule has 0 spiro atoms. The van der Waals surface area contributed by atoms with E-state index in [1.165, 1.54) is 0 Å². The van der Waals surface area contributed by atoms with Crippen LogP contribution >= 0.6 is 0 Å². The van der Waals surface area contributed by atoms with Crippen LogP contribution in [0, 0.1) is 0 Å². The number of fused-ring (bicyclic) bond motifs is 3. The van der Waals surface area contributed by atoms with E-state index in [2.05, 4.69) is 4.98 Å². The largest absolute Gasteiger partial charge is 0.426 e. The molecule has 3 aliphatic rings. The van der Waals surface area contributed by atoms with Gasteiger partial charge in [-0.15, -0.1) is 0 Å². The fraction of sp³-hybridized carbons (Fsp3) is 0.778. The summed E-state index contributed by atoms with van der Waals surface area (Å²) in [5.41, 5.74) is -6.04. The van der Waals surface area contributed by atoms with Crippen LogP contribution in [-0.4, -0.2) is 76.7 Å². The maximum absolute atomic E-state index is 13.7. The molecule has 1 aromatic heterocycles. The number of alkyl halides is 9. The highest BCUT2D eigenvalue weighted by atomic mass is 19.4. The van der Waals surface area contributed by atoms with Crippen molar-refractivity contribution in [2.45, 2.75) is 68.1 Å². The van der Waals surface area contributed by atoms with Crippen molar-refractivity contribution in [2.75, 3.05) is 29.5 Å². The minimum absolute atomic E-state index is 0.0400. The first-order chi connectivity index (χ1) is 15.5. The van der Waals surface area contributed by atoms with E-state index in [-0.39, 0.29) is 36.0 Å². The van der Waals surface area contributed by atoms with Gasteiger partial charge in [-0.2, -0.15) is 44.5 Å². The van der Waals surface area contributed by atoms with Crippen LogP contribution in [-0.2, 0) is 11.3 Å². The Hall–Kier alpha value is -2.23. The molecule has 4 rings (SSSR count). The van der Waals surface area contributed by atoms with Gasteiger partial charge >= 0.3 is 18.5 Å². The van der Waals surface area contributed by atoms with Gasteiger partial charge in [-0.25, -0.2) is 0 Å². The van der Waals surface area contributed by atoms with Crippen LogP contribution in [0.2, 0.25) is 0 Å². The Morgan fingerprint density at radius 2 is 1.74 bits per heavy atom. The van der Waals surface area contributed by atoms with E-state index in [0.717, 1.165) is 10.6 Å². The van der Waals surface area contributed by atoms with Crippen LogP contribution < -0.4 is 15.4 Å². The third-order valence-electron chi connectivity index (χ3n) is 6.46. The molecule has 0 aromatic carbocycles. The highest BCUT2D eigenvalue weighted by Crippen LogP contribution is 2.46. The van der Waals surface area contributed by atoms with E-state index >= 15 is 0 Å². The third-order valence-corrected chi connectivity index (χ3v) is 6.46. The predicted octanol–water partition coefficient (Wildman–Crippen LogP) is 2.61. The van der Waals surface area contributed by atoms with Gasteiger partial charge < -0.3 is 19.6 Å². The number of aliphatic hydroxyl groups is 1. The molecule has 7 nitrogen and oxygen atoms in total. The van der Waals surface area contributed by atoms with Gasteiger partial charge in [0.15, 0.2) is 0 Å². The number of hydrogen-bond acceptors (Lipinski definition) is 6. The second-order valence-electron chi connectivity index (χ2n) is 8.55. The number of halogens is 9. The van der Waals surface area contributed by atoms with Gasteiger partial charge in [-0.1, -0.05) is 0 Å². The fourth-order valence-corrected chi connectivity index (χ4v) is 4.61. The standard InChI is InChI=1S/C18H19F9N4O3/c19-16(20,21)11-1-3-30-13(32)6-12(31-7-10-5-9(31)8-34-10)28-14(30)29(11)4-2-15(33,17(22,23)24)18(25,26)27/h6,9-11,33H,1-5,7-8H2/t9?,10?,11-/m0/s1. The van der Waals surface area contributed by atoms with E-state index in [0.29, 0.717) is 6.42 Å². The van der Waals surface area contributed by atoms with Crippen LogP contribution in [0.3, 0.4) is 0 Å². The zero-order valence-corrected chi connectivity index (χ0v) is 17.2. The molecule has 0 radical (unpaired) electrons. The smallest absolute Gasteiger partial charge is 0.374 e. The van der Waals surface area contributed by atoms with Gasteiger partial charge in [0.1, 0.15) is 11.9 Å². The predicted molar refractivity (Wildman–Crippen MR) is 97.5 cm³/mol. The van der Waals surface area contributed by atoms with Gasteiger partial charge in [0.25, 0.3) is 11.2 Å². The zero-order chi connectivity index (χ0) is 25.3. The lowest BCUT2D eigenvalue weighted by molar-refractivity contribution is -0.369. The first-order valence-electron chi connectivity index (χ1n) is 10.2. The first-order valence-corrected chi connectivity index (χ1v) is 10.2. The van der Waals surface area contributed by atoms with Crippen molar-refractivity contribution in [1.82, 2.24) is 9.55 Å². The Kier molecular flexibility index (Phi) is 5.78. The molecule has 16 heteroatoms. The second-order valence-corrected chi connectivity index (χ2v) is 8.55. The molecule has 2 saturated heterocycles. The minimum Gasteiger partial charge on any atom is -0.374 e. The topological polar surface area (TPSA) is 70.8 Å². The van der Waals surface area contributed by atoms with Crippen LogP contribution in [0.25, 0.3) is 0 Å². The van der Waals surface area contributed by atoms with E-state index < -0.39 is 67.6 Å². The van der Waals surface area contributed by atoms with Crippen molar-refractivity contribution in [3.05, 3.63) is 16.4 Å². The number of morpholine rings is 1. The molecule has 0 saturated carbocycles. The fourth-order valence-electron chi connectivity index (χ4n) is 4.61. The maximum atomic E-state index is 13.7. The molecule has 3 atom stereocenters. The Balaban J connectivity index is 1.73. The lowest BCUT2D eigenvalue weighted by atomic mass is 9.97. The summed E-state index contributed by atoms with van der Waals surface area (Å²) in [6.45, 7) is -1.43. The van der Waals surface area contributed by atoms with Gasteiger partial charge in [-0.05, 0) is 12.8 Å². The lowest BCUT2D eigenvalue weighted by Crippen LogP contribution is -2.60. The van der Waals surface area contributed by atoms with Gasteiger partial charge in [-0.3, -0.25) is 9.36 Å². The summed E-state index contributed by atoms with van der Waals surface area (Å²) in [7, 11) is 0. The van der Waals surface area contributed by atoms with Crippen LogP contribution in [0.4, 0.5) is 51.3 Å². The number of aromatic nitrogens is 2. The molecule has 2 bridgehead atoms. The summed E-state index contributed by atoms with van der Waals surface area (Å²) < 4.78 is 126. The number of rotatable bonds is 4. The Labute approximate surface area is 185 Å². The molecular formula is C18H19F9N4O3. The maximum Gasteiger partial charge on any atom is 0.426 e. The normalized spacial score (nSPS) is 25.8. The van der Waals surface area contributed by atoms with Crippen molar-refractivity contribution < 1.29 is 49.4 Å². The minimum atomic E-state index is -6.20. The molecular weight excluding hydrogens is 491 g/mol. The van der Waals surface area contributed by atoms with E-state index in [1.54, 1.807) is 4.90 Å². The Morgan fingerprint density at radius 3 is 2.24 bits per heavy atom. The van der Waals surface area contributed by atoms with Gasteiger partial charge in [0.2, 0.25) is 5.95 Å². The molecule has 192 valence electrons. The highest BCUT2D eigenvalue weighted by Gasteiger charge is 2.70. The quantitative estimate of drug-likeness (QED) is 0.629. The molecule has 2 fully saturated rings. The van der Waals surface area contributed by atoms with Crippen molar-refractivity contribution in [2.24, 2.45) is 0 Å². The summed E-state index contributed by atoms with van der Waals surface area (Å²) in [6, 6.07) is -1.65. The molecule has 3 aliphatic heterocycles. The summed E-state index contributed by atoms with van der Waals surface area (Å²) in [6.07, 6.45) is -20.0. The summed E-state index contributed by atoms with van der Waals surface area (Å²) in [4.78, 5) is 18.5. The first kappa shape index (κ1) is 24.9. The number of anilines is 2. The molecule has 1 N–H and O–H groups in total. The Morgan fingerprint density at radius 1 is 1.09 bits per heavy atom. The van der Waals surface area contributed by atoms with E-state index in [9.17, 15) is 49.4 Å². The number of nitrogens with zero attached hydrogens (tertiary/aromatic N) is 4. The van der Waals surface area contributed by atoms with Crippen LogP contribution in [0.5, 0.6) is 0 Å². The summed E-state index contributed by atoms with van der Waals surface area (Å²) >= 11 is 0. The number of ether oxygens (including phenoxy) is 1. The third kappa shape index (κ3) is 4.07. The molecule has 0 amide bonds. The number of hydrogen-bond donors (Lipinski definition) is 1. The monoisotopic (exact) mass is 510 g/mol. The second kappa shape index (κ2) is 7.90. The average Bonchev–Trinajstić information content (AvgIpc) is 3.32. The Bertz CT molecular complexity index is 977. The summed E-state index contributed by atoms with van der Waals surface area (Å²) in [5.74, 6) is -0.742. The molecule has 2 unspecified atom stereocenters. The molecule has 1 aromatic rings. The molecule has 4 heterocycles. The van der Waals surface area contributed by atoms with Crippen LogP contribution in [0.15, 0.2) is 10.9 Å². The van der Waals surface area contributed by atoms with Gasteiger partial charge in [0, 0.05) is 32.1 Å². The van der Waals surface area contributed by atoms with Crippen molar-refractivity contribution in [3.8, 4) is 0 Å². The lowest BCUT2D eigenvalue weighted by Gasteiger charge is -2.41. The SMILES string of the molecule is O=c1cc(N2CC3CC2CO3)nc2n1CC[C@@H](C(F)(F)F)N2CCC(O)(C(F)(F)F)C(F)(F)F. The molecule has 0 aliphatic carbocycles. The average molecular weight is 510 g/mol. The van der Waals surface area contributed by atoms with Gasteiger partial charge in [0.05, 0.1) is 18.8 Å². The zero-order valence-electron chi connectivity index (χ0n) is 17.2. The van der Waals surface area contributed by atoms with Crippen molar-refractivity contribution >= 4 is 11.8 Å².